The Hall–Kier alpha value is -2.35. The zero-order chi connectivity index (χ0) is 16.2. The Labute approximate surface area is 132 Å². The third-order valence-electron chi connectivity index (χ3n) is 3.85. The Kier molecular flexibility index (Phi) is 4.61. The van der Waals surface area contributed by atoms with Crippen molar-refractivity contribution in [1.29, 1.82) is 0 Å². The van der Waals surface area contributed by atoms with Crippen LogP contribution in [0.3, 0.4) is 0 Å². The van der Waals surface area contributed by atoms with Gasteiger partial charge in [0.05, 0.1) is 25.4 Å². The van der Waals surface area contributed by atoms with E-state index in [1.165, 1.54) is 11.0 Å². The molecule has 0 aliphatic carbocycles. The number of carbonyl (C=O) groups excluding carboxylic acids is 1. The summed E-state index contributed by atoms with van der Waals surface area (Å²) in [4.78, 5) is 18.0. The number of hydrogen-bond acceptors (Lipinski definition) is 5. The number of carbonyl (C=O) groups is 1. The van der Waals surface area contributed by atoms with E-state index < -0.39 is 11.9 Å². The lowest BCUT2D eigenvalue weighted by Crippen LogP contribution is -2.37. The van der Waals surface area contributed by atoms with E-state index in [4.69, 9.17) is 15.0 Å². The lowest BCUT2D eigenvalue weighted by Gasteiger charge is -2.29. The molecule has 8 nitrogen and oxygen atoms in total. The Morgan fingerprint density at radius 3 is 2.87 bits per heavy atom. The Morgan fingerprint density at radius 2 is 2.17 bits per heavy atom. The number of nitrogens with zero attached hydrogens (tertiary/aromatic N) is 5. The highest BCUT2D eigenvalue weighted by Crippen LogP contribution is 2.28. The first-order valence-corrected chi connectivity index (χ1v) is 7.27. The Bertz CT molecular complexity index is 643. The van der Waals surface area contributed by atoms with Crippen LogP contribution in [0.1, 0.15) is 0 Å². The van der Waals surface area contributed by atoms with Crippen molar-refractivity contribution in [2.24, 2.45) is 5.11 Å². The molecule has 0 spiro atoms. The van der Waals surface area contributed by atoms with Crippen LogP contribution in [0.4, 0.5) is 15.8 Å². The Morgan fingerprint density at radius 1 is 1.39 bits per heavy atom. The number of amides is 1. The van der Waals surface area contributed by atoms with E-state index in [0.717, 1.165) is 0 Å². The van der Waals surface area contributed by atoms with Gasteiger partial charge < -0.3 is 14.4 Å². The van der Waals surface area contributed by atoms with Gasteiger partial charge in [-0.1, -0.05) is 5.11 Å². The number of azide groups is 1. The van der Waals surface area contributed by atoms with E-state index in [9.17, 15) is 9.18 Å². The third-order valence-corrected chi connectivity index (χ3v) is 3.85. The fourth-order valence-corrected chi connectivity index (χ4v) is 2.64. The normalized spacial score (nSPS) is 21.4. The first-order chi connectivity index (χ1) is 11.2. The molecule has 2 aliphatic heterocycles. The molecule has 0 aromatic heterocycles. The predicted molar refractivity (Wildman–Crippen MR) is 80.7 cm³/mol. The summed E-state index contributed by atoms with van der Waals surface area (Å²) < 4.78 is 24.9. The van der Waals surface area contributed by atoms with Crippen molar-refractivity contribution >= 4 is 17.3 Å². The summed E-state index contributed by atoms with van der Waals surface area (Å²) in [7, 11) is 0. The molecule has 3 rings (SSSR count). The van der Waals surface area contributed by atoms with Crippen molar-refractivity contribution in [3.8, 4) is 0 Å². The van der Waals surface area contributed by atoms with Crippen molar-refractivity contribution in [2.75, 3.05) is 49.4 Å². The molecule has 0 unspecified atom stereocenters. The van der Waals surface area contributed by atoms with Gasteiger partial charge in [0.15, 0.2) is 0 Å². The number of anilines is 2. The van der Waals surface area contributed by atoms with Gasteiger partial charge in [0.2, 0.25) is 0 Å². The maximum absolute atomic E-state index is 14.4. The summed E-state index contributed by atoms with van der Waals surface area (Å²) in [6.07, 6.45) is -0.812. The number of morpholine rings is 1. The minimum absolute atomic E-state index is 0.0147. The average molecular weight is 321 g/mol. The van der Waals surface area contributed by atoms with Gasteiger partial charge in [0.25, 0.3) is 5.91 Å². The molecule has 0 bridgehead atoms. The van der Waals surface area contributed by atoms with Gasteiger partial charge in [-0.2, -0.15) is 0 Å². The van der Waals surface area contributed by atoms with E-state index in [1.54, 1.807) is 12.1 Å². The lowest BCUT2D eigenvalue weighted by atomic mass is 10.2. The van der Waals surface area contributed by atoms with Gasteiger partial charge >= 0.3 is 0 Å². The molecule has 2 heterocycles. The summed E-state index contributed by atoms with van der Waals surface area (Å²) in [5, 5.41) is 3.34. The third kappa shape index (κ3) is 3.21. The molecule has 122 valence electrons. The zero-order valence-corrected chi connectivity index (χ0v) is 12.4. The molecule has 0 N–H and O–H groups in total. The second-order valence-electron chi connectivity index (χ2n) is 5.20. The fourth-order valence-electron chi connectivity index (χ4n) is 2.64. The zero-order valence-electron chi connectivity index (χ0n) is 12.4. The topological polar surface area (TPSA) is 90.8 Å². The van der Waals surface area contributed by atoms with Crippen molar-refractivity contribution in [1.82, 2.24) is 0 Å². The second kappa shape index (κ2) is 6.82. The summed E-state index contributed by atoms with van der Waals surface area (Å²) in [5.41, 5.74) is 9.22. The number of hydrogen-bond donors (Lipinski definition) is 0. The van der Waals surface area contributed by atoms with Gasteiger partial charge in [-0.25, -0.2) is 4.39 Å². The molecular weight excluding hydrogens is 305 g/mol. The molecular formula is C14H16FN5O3. The van der Waals surface area contributed by atoms with Gasteiger partial charge in [0.1, 0.15) is 18.7 Å². The first kappa shape index (κ1) is 15.5. The van der Waals surface area contributed by atoms with Gasteiger partial charge in [-0.3, -0.25) is 9.69 Å². The number of benzene rings is 1. The van der Waals surface area contributed by atoms with Crippen molar-refractivity contribution in [2.45, 2.75) is 6.10 Å². The Balaban J connectivity index is 1.75. The van der Waals surface area contributed by atoms with Crippen LogP contribution in [0, 0.1) is 5.82 Å². The molecule has 0 saturated carbocycles. The van der Waals surface area contributed by atoms with Crippen LogP contribution in [-0.2, 0) is 14.3 Å². The molecule has 0 radical (unpaired) electrons. The number of rotatable bonds is 4. The molecule has 1 aromatic carbocycles. The van der Waals surface area contributed by atoms with Gasteiger partial charge in [0, 0.05) is 23.7 Å². The van der Waals surface area contributed by atoms with Crippen molar-refractivity contribution < 1.29 is 18.7 Å². The molecule has 2 saturated heterocycles. The number of ether oxygens (including phenoxy) is 2. The molecule has 9 heteroatoms. The number of halogens is 1. The maximum Gasteiger partial charge on any atom is 0.258 e. The summed E-state index contributed by atoms with van der Waals surface area (Å²) >= 11 is 0. The smallest absolute Gasteiger partial charge is 0.258 e. The maximum atomic E-state index is 14.4. The average Bonchev–Trinajstić information content (AvgIpc) is 2.94. The van der Waals surface area contributed by atoms with Crippen LogP contribution in [0.2, 0.25) is 0 Å². The van der Waals surface area contributed by atoms with Crippen LogP contribution >= 0.6 is 0 Å². The van der Waals surface area contributed by atoms with Gasteiger partial charge in [-0.05, 0) is 23.7 Å². The quantitative estimate of drug-likeness (QED) is 0.479. The van der Waals surface area contributed by atoms with Crippen LogP contribution in [0.5, 0.6) is 0 Å². The van der Waals surface area contributed by atoms with Crippen molar-refractivity contribution in [3.63, 3.8) is 0 Å². The van der Waals surface area contributed by atoms with Crippen LogP contribution in [0.25, 0.3) is 10.4 Å². The lowest BCUT2D eigenvalue weighted by molar-refractivity contribution is -0.121. The molecule has 2 aliphatic rings. The monoisotopic (exact) mass is 321 g/mol. The standard InChI is InChI=1S/C14H16FN5O3/c15-11-7-10(1-2-12(11)19-3-5-22-6-4-19)20-9-23-13(14(20)21)8-17-18-16/h1-2,7,13H,3-6,8-9H2/t13-/m1/s1. The van der Waals surface area contributed by atoms with Crippen LogP contribution < -0.4 is 9.80 Å². The largest absolute Gasteiger partial charge is 0.378 e. The molecule has 2 fully saturated rings. The minimum Gasteiger partial charge on any atom is -0.378 e. The summed E-state index contributed by atoms with van der Waals surface area (Å²) in [6, 6.07) is 4.66. The minimum atomic E-state index is -0.812. The highest BCUT2D eigenvalue weighted by atomic mass is 19.1. The van der Waals surface area contributed by atoms with E-state index in [2.05, 4.69) is 10.0 Å². The van der Waals surface area contributed by atoms with E-state index in [1.807, 2.05) is 4.90 Å². The molecule has 1 amide bonds. The fraction of sp³-hybridized carbons (Fsp3) is 0.500. The second-order valence-corrected chi connectivity index (χ2v) is 5.20. The van der Waals surface area contributed by atoms with Crippen LogP contribution in [0.15, 0.2) is 23.3 Å². The first-order valence-electron chi connectivity index (χ1n) is 7.27. The molecule has 1 atom stereocenters. The van der Waals surface area contributed by atoms with Crippen molar-refractivity contribution in [3.05, 3.63) is 34.5 Å². The van der Waals surface area contributed by atoms with E-state index >= 15 is 0 Å². The van der Waals surface area contributed by atoms with E-state index in [0.29, 0.717) is 37.7 Å². The predicted octanol–water partition coefficient (Wildman–Crippen LogP) is 1.66. The summed E-state index contributed by atoms with van der Waals surface area (Å²) in [6.45, 7) is 2.36. The SMILES string of the molecule is [N-]=[N+]=NC[C@H]1OCN(c2ccc(N3CCOCC3)c(F)c2)C1=O. The summed E-state index contributed by atoms with van der Waals surface area (Å²) in [5.74, 6) is -0.730. The van der Waals surface area contributed by atoms with Gasteiger partial charge in [-0.15, -0.1) is 0 Å². The molecule has 1 aromatic rings. The van der Waals surface area contributed by atoms with E-state index in [-0.39, 0.29) is 19.2 Å². The highest BCUT2D eigenvalue weighted by molar-refractivity contribution is 5.98. The highest BCUT2D eigenvalue weighted by Gasteiger charge is 2.33. The molecule has 23 heavy (non-hydrogen) atoms. The van der Waals surface area contributed by atoms with Crippen LogP contribution in [-0.4, -0.2) is 51.6 Å².